The van der Waals surface area contributed by atoms with Gasteiger partial charge < -0.3 is 5.32 Å². The number of aryl methyl sites for hydroxylation is 1. The number of halogens is 1. The van der Waals surface area contributed by atoms with Gasteiger partial charge in [-0.05, 0) is 78.2 Å². The van der Waals surface area contributed by atoms with Gasteiger partial charge in [-0.25, -0.2) is 0 Å². The molecule has 1 heterocycles. The molecule has 106 valence electrons. The first-order valence-electron chi connectivity index (χ1n) is 7.15. The first-order valence-corrected chi connectivity index (χ1v) is 8.23. The molecule has 1 unspecified atom stereocenters. The van der Waals surface area contributed by atoms with Gasteiger partial charge in [0.1, 0.15) is 0 Å². The summed E-state index contributed by atoms with van der Waals surface area (Å²) in [5.41, 5.74) is 2.58. The van der Waals surface area contributed by atoms with Crippen LogP contribution in [0.25, 0.3) is 0 Å². The maximum Gasteiger partial charge on any atom is 0.0404 e. The Hall–Kier alpha value is -0.940. The summed E-state index contributed by atoms with van der Waals surface area (Å²) in [5.74, 6) is 0. The molecule has 0 aliphatic rings. The second-order valence-corrected chi connectivity index (χ2v) is 6.19. The third-order valence-corrected chi connectivity index (χ3v) is 4.08. The van der Waals surface area contributed by atoms with Gasteiger partial charge in [0.2, 0.25) is 0 Å². The lowest BCUT2D eigenvalue weighted by Crippen LogP contribution is -2.31. The Morgan fingerprint density at radius 1 is 1.15 bits per heavy atom. The topological polar surface area (TPSA) is 24.9 Å². The summed E-state index contributed by atoms with van der Waals surface area (Å²) < 4.78 is 1.29. The van der Waals surface area contributed by atoms with E-state index in [4.69, 9.17) is 0 Å². The van der Waals surface area contributed by atoms with E-state index in [0.717, 1.165) is 25.8 Å². The second kappa shape index (κ2) is 8.37. The van der Waals surface area contributed by atoms with Crippen molar-refractivity contribution in [3.8, 4) is 0 Å². The van der Waals surface area contributed by atoms with Gasteiger partial charge in [0, 0.05) is 21.5 Å². The van der Waals surface area contributed by atoms with Crippen LogP contribution in [0.3, 0.4) is 0 Å². The largest absolute Gasteiger partial charge is 0.314 e. The lowest BCUT2D eigenvalue weighted by molar-refractivity contribution is 0.489. The fourth-order valence-corrected chi connectivity index (χ4v) is 2.70. The highest BCUT2D eigenvalue weighted by molar-refractivity contribution is 14.1. The van der Waals surface area contributed by atoms with Crippen molar-refractivity contribution in [3.63, 3.8) is 0 Å². The van der Waals surface area contributed by atoms with Crippen molar-refractivity contribution in [3.05, 3.63) is 63.5 Å². The Kier molecular flexibility index (Phi) is 6.47. The number of hydrogen-bond donors (Lipinski definition) is 1. The standard InChI is InChI=1S/C17H21IN2/c1-2-19-17(11-10-16-5-3-4-12-20-16)13-14-6-8-15(18)9-7-14/h3-9,12,17,19H,2,10-11,13H2,1H3. The molecule has 0 saturated heterocycles. The van der Waals surface area contributed by atoms with Crippen molar-refractivity contribution < 1.29 is 0 Å². The van der Waals surface area contributed by atoms with E-state index in [2.05, 4.69) is 76.2 Å². The summed E-state index contributed by atoms with van der Waals surface area (Å²) in [5, 5.41) is 3.59. The van der Waals surface area contributed by atoms with Gasteiger partial charge in [0.15, 0.2) is 0 Å². The Morgan fingerprint density at radius 3 is 2.60 bits per heavy atom. The molecule has 1 N–H and O–H groups in total. The quantitative estimate of drug-likeness (QED) is 0.739. The molecule has 1 aromatic carbocycles. The number of rotatable bonds is 7. The minimum Gasteiger partial charge on any atom is -0.314 e. The number of nitrogens with zero attached hydrogens (tertiary/aromatic N) is 1. The summed E-state index contributed by atoms with van der Waals surface area (Å²) in [6.07, 6.45) is 5.11. The van der Waals surface area contributed by atoms with Crippen molar-refractivity contribution in [2.24, 2.45) is 0 Å². The molecule has 2 rings (SSSR count). The Bertz CT molecular complexity index is 496. The lowest BCUT2D eigenvalue weighted by Gasteiger charge is -2.18. The van der Waals surface area contributed by atoms with Gasteiger partial charge in [-0.15, -0.1) is 0 Å². The van der Waals surface area contributed by atoms with Crippen LogP contribution in [0.4, 0.5) is 0 Å². The highest BCUT2D eigenvalue weighted by atomic mass is 127. The summed E-state index contributed by atoms with van der Waals surface area (Å²) >= 11 is 2.35. The molecule has 0 spiro atoms. The number of benzene rings is 1. The van der Waals surface area contributed by atoms with Gasteiger partial charge in [-0.1, -0.05) is 25.1 Å². The molecule has 20 heavy (non-hydrogen) atoms. The molecule has 0 bridgehead atoms. The third-order valence-electron chi connectivity index (χ3n) is 3.36. The highest BCUT2D eigenvalue weighted by Gasteiger charge is 2.09. The number of pyridine rings is 1. The number of aromatic nitrogens is 1. The summed E-state index contributed by atoms with van der Waals surface area (Å²) in [6, 6.07) is 15.5. The Morgan fingerprint density at radius 2 is 1.95 bits per heavy atom. The monoisotopic (exact) mass is 380 g/mol. The van der Waals surface area contributed by atoms with Gasteiger partial charge in [0.05, 0.1) is 0 Å². The first-order chi connectivity index (χ1) is 9.78. The molecular weight excluding hydrogens is 359 g/mol. The molecule has 2 nitrogen and oxygen atoms in total. The zero-order valence-electron chi connectivity index (χ0n) is 11.8. The van der Waals surface area contributed by atoms with Crippen molar-refractivity contribution in [1.82, 2.24) is 10.3 Å². The molecule has 3 heteroatoms. The Balaban J connectivity index is 1.91. The maximum absolute atomic E-state index is 4.40. The van der Waals surface area contributed by atoms with Crippen LogP contribution in [0.2, 0.25) is 0 Å². The van der Waals surface area contributed by atoms with E-state index in [-0.39, 0.29) is 0 Å². The fourth-order valence-electron chi connectivity index (χ4n) is 2.34. The van der Waals surface area contributed by atoms with Crippen molar-refractivity contribution in [2.45, 2.75) is 32.2 Å². The molecule has 0 aliphatic heterocycles. The number of likely N-dealkylation sites (N-methyl/N-ethyl adjacent to an activating group) is 1. The third kappa shape index (κ3) is 5.21. The molecule has 0 amide bonds. The van der Waals surface area contributed by atoms with E-state index in [0.29, 0.717) is 6.04 Å². The lowest BCUT2D eigenvalue weighted by atomic mass is 10.0. The molecule has 1 atom stereocenters. The van der Waals surface area contributed by atoms with Crippen molar-refractivity contribution in [1.29, 1.82) is 0 Å². The van der Waals surface area contributed by atoms with E-state index >= 15 is 0 Å². The SMILES string of the molecule is CCNC(CCc1ccccn1)Cc1ccc(I)cc1. The van der Waals surface area contributed by atoms with E-state index in [9.17, 15) is 0 Å². The predicted molar refractivity (Wildman–Crippen MR) is 92.9 cm³/mol. The van der Waals surface area contributed by atoms with Crippen LogP contribution in [-0.4, -0.2) is 17.6 Å². The average Bonchev–Trinajstić information content (AvgIpc) is 2.48. The van der Waals surface area contributed by atoms with E-state index in [1.165, 1.54) is 14.8 Å². The fraction of sp³-hybridized carbons (Fsp3) is 0.353. The first kappa shape index (κ1) is 15.4. The van der Waals surface area contributed by atoms with Crippen molar-refractivity contribution >= 4 is 22.6 Å². The smallest absolute Gasteiger partial charge is 0.0404 e. The van der Waals surface area contributed by atoms with E-state index in [1.807, 2.05) is 12.3 Å². The molecular formula is C17H21IN2. The van der Waals surface area contributed by atoms with Crippen LogP contribution in [0.5, 0.6) is 0 Å². The summed E-state index contributed by atoms with van der Waals surface area (Å²) in [7, 11) is 0. The maximum atomic E-state index is 4.40. The van der Waals surface area contributed by atoms with Crippen LogP contribution < -0.4 is 5.32 Å². The van der Waals surface area contributed by atoms with Gasteiger partial charge in [-0.3, -0.25) is 4.98 Å². The Labute approximate surface area is 135 Å². The van der Waals surface area contributed by atoms with Gasteiger partial charge in [0.25, 0.3) is 0 Å². The molecule has 2 aromatic rings. The number of nitrogens with one attached hydrogen (secondary N) is 1. The molecule has 0 fully saturated rings. The zero-order valence-corrected chi connectivity index (χ0v) is 14.0. The number of hydrogen-bond acceptors (Lipinski definition) is 2. The van der Waals surface area contributed by atoms with E-state index in [1.54, 1.807) is 0 Å². The minimum absolute atomic E-state index is 0.516. The summed E-state index contributed by atoms with van der Waals surface area (Å²) in [6.45, 7) is 3.18. The van der Waals surface area contributed by atoms with E-state index < -0.39 is 0 Å². The van der Waals surface area contributed by atoms with Crippen LogP contribution >= 0.6 is 22.6 Å². The van der Waals surface area contributed by atoms with Gasteiger partial charge in [-0.2, -0.15) is 0 Å². The minimum atomic E-state index is 0.516. The van der Waals surface area contributed by atoms with Crippen LogP contribution in [0, 0.1) is 3.57 Å². The summed E-state index contributed by atoms with van der Waals surface area (Å²) in [4.78, 5) is 4.40. The van der Waals surface area contributed by atoms with Crippen LogP contribution in [0.15, 0.2) is 48.7 Å². The normalized spacial score (nSPS) is 12.3. The zero-order chi connectivity index (χ0) is 14.2. The van der Waals surface area contributed by atoms with Gasteiger partial charge >= 0.3 is 0 Å². The second-order valence-electron chi connectivity index (χ2n) is 4.94. The molecule has 1 aromatic heterocycles. The molecule has 0 aliphatic carbocycles. The average molecular weight is 380 g/mol. The van der Waals surface area contributed by atoms with Crippen LogP contribution in [0.1, 0.15) is 24.6 Å². The molecule has 0 saturated carbocycles. The van der Waals surface area contributed by atoms with Crippen LogP contribution in [-0.2, 0) is 12.8 Å². The predicted octanol–water partition coefficient (Wildman–Crippen LogP) is 3.84. The van der Waals surface area contributed by atoms with Crippen molar-refractivity contribution in [2.75, 3.05) is 6.54 Å². The highest BCUT2D eigenvalue weighted by Crippen LogP contribution is 2.11. The molecule has 0 radical (unpaired) electrons.